The van der Waals surface area contributed by atoms with Crippen LogP contribution in [0.15, 0.2) is 36.5 Å². The highest BCUT2D eigenvalue weighted by Gasteiger charge is 2.38. The number of aromatic amines is 1. The van der Waals surface area contributed by atoms with E-state index >= 15 is 0 Å². The largest absolute Gasteiger partial charge is 0.478 e. The van der Waals surface area contributed by atoms with Crippen LogP contribution in [0.25, 0.3) is 10.9 Å². The van der Waals surface area contributed by atoms with Gasteiger partial charge in [-0.1, -0.05) is 6.07 Å². The average Bonchev–Trinajstić information content (AvgIpc) is 2.99. The third-order valence-electron chi connectivity index (χ3n) is 5.50. The number of rotatable bonds is 5. The summed E-state index contributed by atoms with van der Waals surface area (Å²) in [5.41, 5.74) is 2.53. The van der Waals surface area contributed by atoms with Gasteiger partial charge in [-0.05, 0) is 63.4 Å². The van der Waals surface area contributed by atoms with Crippen molar-refractivity contribution >= 4 is 10.9 Å². The van der Waals surface area contributed by atoms with E-state index < -0.39 is 5.67 Å². The first-order valence-electron chi connectivity index (χ1n) is 10.1. The highest BCUT2D eigenvalue weighted by atomic mass is 19.1. The molecule has 3 aromatic rings. The van der Waals surface area contributed by atoms with E-state index in [1.807, 2.05) is 25.1 Å². The van der Waals surface area contributed by atoms with Crippen LogP contribution >= 0.6 is 0 Å². The Balaban J connectivity index is 1.85. The molecule has 1 aromatic carbocycles. The first-order valence-corrected chi connectivity index (χ1v) is 10.1. The average molecular weight is 399 g/mol. The molecule has 1 N–H and O–H groups in total. The number of H-pyrrole nitrogens is 1. The molecule has 0 amide bonds. The van der Waals surface area contributed by atoms with Crippen molar-refractivity contribution < 1.29 is 13.5 Å². The Bertz CT molecular complexity index is 1010. The van der Waals surface area contributed by atoms with Gasteiger partial charge in [-0.25, -0.2) is 13.8 Å². The van der Waals surface area contributed by atoms with Gasteiger partial charge in [-0.2, -0.15) is 0 Å². The second-order valence-electron chi connectivity index (χ2n) is 8.42. The first-order chi connectivity index (χ1) is 13.8. The Kier molecular flexibility index (Phi) is 5.07. The minimum absolute atomic E-state index is 0.123. The molecule has 1 aliphatic heterocycles. The summed E-state index contributed by atoms with van der Waals surface area (Å²) in [6.07, 6.45) is 2.57. The molecule has 0 fully saturated rings. The summed E-state index contributed by atoms with van der Waals surface area (Å²) in [5.74, 6) is 0.293. The Labute approximate surface area is 169 Å². The van der Waals surface area contributed by atoms with Gasteiger partial charge in [0.05, 0.1) is 12.6 Å². The third kappa shape index (κ3) is 3.86. The van der Waals surface area contributed by atoms with Gasteiger partial charge < -0.3 is 9.72 Å². The van der Waals surface area contributed by atoms with Gasteiger partial charge in [-0.3, -0.25) is 4.90 Å². The molecule has 0 bridgehead atoms. The maximum absolute atomic E-state index is 14.7. The fourth-order valence-electron chi connectivity index (χ4n) is 4.36. The van der Waals surface area contributed by atoms with E-state index in [2.05, 4.69) is 21.8 Å². The normalized spacial score (nSPS) is 20.1. The van der Waals surface area contributed by atoms with Gasteiger partial charge in [-0.15, -0.1) is 0 Å². The molecular weight excluding hydrogens is 372 g/mol. The monoisotopic (exact) mass is 399 g/mol. The van der Waals surface area contributed by atoms with Crippen molar-refractivity contribution in [1.82, 2.24) is 14.9 Å². The van der Waals surface area contributed by atoms with Crippen molar-refractivity contribution in [3.8, 4) is 5.88 Å². The number of nitrogens with zero attached hydrogens (tertiary/aromatic N) is 2. The van der Waals surface area contributed by atoms with Crippen LogP contribution in [-0.4, -0.2) is 39.7 Å². The summed E-state index contributed by atoms with van der Waals surface area (Å²) < 4.78 is 34.0. The molecule has 3 heterocycles. The highest BCUT2D eigenvalue weighted by molar-refractivity contribution is 5.85. The molecule has 0 saturated heterocycles. The molecule has 0 radical (unpaired) electrons. The van der Waals surface area contributed by atoms with Crippen molar-refractivity contribution in [2.75, 3.05) is 13.2 Å². The van der Waals surface area contributed by atoms with E-state index in [0.717, 1.165) is 28.6 Å². The number of halogens is 2. The van der Waals surface area contributed by atoms with E-state index in [9.17, 15) is 8.78 Å². The van der Waals surface area contributed by atoms with Crippen molar-refractivity contribution in [2.45, 2.75) is 51.9 Å². The molecule has 6 heteroatoms. The second-order valence-corrected chi connectivity index (χ2v) is 8.42. The van der Waals surface area contributed by atoms with Crippen molar-refractivity contribution in [1.29, 1.82) is 0 Å². The van der Waals surface area contributed by atoms with E-state index in [1.54, 1.807) is 20.0 Å². The third-order valence-corrected chi connectivity index (χ3v) is 5.50. The van der Waals surface area contributed by atoms with Crippen LogP contribution in [0.2, 0.25) is 0 Å². The van der Waals surface area contributed by atoms with Crippen LogP contribution in [0.3, 0.4) is 0 Å². The Morgan fingerprint density at radius 1 is 1.28 bits per heavy atom. The lowest BCUT2D eigenvalue weighted by molar-refractivity contribution is 0.0666. The summed E-state index contributed by atoms with van der Waals surface area (Å²) in [7, 11) is 0. The molecule has 154 valence electrons. The lowest BCUT2D eigenvalue weighted by Crippen LogP contribution is -2.47. The molecule has 2 unspecified atom stereocenters. The molecule has 2 aromatic heterocycles. The number of benzene rings is 1. The molecule has 0 saturated carbocycles. The molecule has 1 aliphatic rings. The van der Waals surface area contributed by atoms with Crippen molar-refractivity contribution in [3.63, 3.8) is 0 Å². The maximum Gasteiger partial charge on any atom is 0.213 e. The van der Waals surface area contributed by atoms with Crippen LogP contribution in [0, 0.1) is 5.82 Å². The number of fused-ring (bicyclic) bond motifs is 3. The summed E-state index contributed by atoms with van der Waals surface area (Å²) in [4.78, 5) is 10.0. The minimum atomic E-state index is -1.35. The van der Waals surface area contributed by atoms with Crippen molar-refractivity contribution in [2.24, 2.45) is 0 Å². The lowest BCUT2D eigenvalue weighted by atomic mass is 9.88. The summed E-state index contributed by atoms with van der Waals surface area (Å²) in [6.45, 7) is 8.07. The number of pyridine rings is 1. The fourth-order valence-corrected chi connectivity index (χ4v) is 4.36. The van der Waals surface area contributed by atoms with E-state index in [4.69, 9.17) is 4.74 Å². The number of hydrogen-bond donors (Lipinski definition) is 1. The first kappa shape index (κ1) is 19.8. The zero-order chi connectivity index (χ0) is 20.8. The van der Waals surface area contributed by atoms with Gasteiger partial charge in [0.25, 0.3) is 0 Å². The van der Waals surface area contributed by atoms with Gasteiger partial charge >= 0.3 is 0 Å². The van der Waals surface area contributed by atoms with Crippen molar-refractivity contribution in [3.05, 3.63) is 59.2 Å². The topological polar surface area (TPSA) is 41.1 Å². The highest BCUT2D eigenvalue weighted by Crippen LogP contribution is 2.41. The van der Waals surface area contributed by atoms with Crippen LogP contribution in [0.5, 0.6) is 5.88 Å². The number of ether oxygens (including phenoxy) is 1. The zero-order valence-electron chi connectivity index (χ0n) is 17.3. The SMILES string of the molecule is CCOc1ccc(C2c3[nH]c4cc(F)ccc4c3CC(C)N2CC(C)(C)F)cn1. The van der Waals surface area contributed by atoms with Crippen LogP contribution in [0.4, 0.5) is 8.78 Å². The smallest absolute Gasteiger partial charge is 0.213 e. The van der Waals surface area contributed by atoms with Gasteiger partial charge in [0, 0.05) is 41.4 Å². The van der Waals surface area contributed by atoms with Crippen LogP contribution in [0.1, 0.15) is 50.6 Å². The standard InChI is InChI=1S/C23H27F2N3O/c1-5-29-20-9-6-15(12-26-20)22-21-18(10-14(2)28(22)13-23(3,4)25)17-8-7-16(24)11-19(17)27-21/h6-9,11-12,14,22,27H,5,10,13H2,1-4H3. The number of alkyl halides is 1. The van der Waals surface area contributed by atoms with E-state index in [1.165, 1.54) is 17.7 Å². The quantitative estimate of drug-likeness (QED) is 0.642. The molecular formula is C23H27F2N3O. The molecule has 4 rings (SSSR count). The lowest BCUT2D eigenvalue weighted by Gasteiger charge is -2.42. The Morgan fingerprint density at radius 2 is 2.07 bits per heavy atom. The molecule has 0 aliphatic carbocycles. The predicted molar refractivity (Wildman–Crippen MR) is 111 cm³/mol. The van der Waals surface area contributed by atoms with E-state index in [-0.39, 0.29) is 24.4 Å². The zero-order valence-corrected chi connectivity index (χ0v) is 17.3. The number of hydrogen-bond acceptors (Lipinski definition) is 3. The molecule has 0 spiro atoms. The number of nitrogens with one attached hydrogen (secondary N) is 1. The summed E-state index contributed by atoms with van der Waals surface area (Å²) in [5, 5.41) is 1.02. The van der Waals surface area contributed by atoms with Gasteiger partial charge in [0.2, 0.25) is 5.88 Å². The molecule has 4 nitrogen and oxygen atoms in total. The summed E-state index contributed by atoms with van der Waals surface area (Å²) in [6, 6.07) is 8.60. The number of aromatic nitrogens is 2. The van der Waals surface area contributed by atoms with Gasteiger partial charge in [0.1, 0.15) is 11.5 Å². The second kappa shape index (κ2) is 7.41. The van der Waals surface area contributed by atoms with E-state index in [0.29, 0.717) is 12.5 Å². The fraction of sp³-hybridized carbons (Fsp3) is 0.435. The summed E-state index contributed by atoms with van der Waals surface area (Å²) >= 11 is 0. The Hall–Kier alpha value is -2.47. The minimum Gasteiger partial charge on any atom is -0.478 e. The molecule has 29 heavy (non-hydrogen) atoms. The predicted octanol–water partition coefficient (Wildman–Crippen LogP) is 5.18. The van der Waals surface area contributed by atoms with Crippen LogP contribution < -0.4 is 4.74 Å². The Morgan fingerprint density at radius 3 is 2.72 bits per heavy atom. The van der Waals surface area contributed by atoms with Crippen LogP contribution in [-0.2, 0) is 6.42 Å². The van der Waals surface area contributed by atoms with Gasteiger partial charge in [0.15, 0.2) is 0 Å². The maximum atomic E-state index is 14.7. The molecule has 2 atom stereocenters.